The molecule has 0 unspecified atom stereocenters. The van der Waals surface area contributed by atoms with E-state index < -0.39 is 11.8 Å². The number of rotatable bonds is 6. The molecule has 1 heterocycles. The van der Waals surface area contributed by atoms with Crippen LogP contribution in [0.15, 0.2) is 78.5 Å². The third-order valence-electron chi connectivity index (χ3n) is 4.89. The highest BCUT2D eigenvalue weighted by atomic mass is 35.5. The second kappa shape index (κ2) is 8.66. The summed E-state index contributed by atoms with van der Waals surface area (Å²) in [7, 11) is 0. The number of hydrogen-bond acceptors (Lipinski definition) is 4. The molecule has 0 atom stereocenters. The SMILES string of the molecule is CCOc1cccc(N2C(=O)C(Nc3cccc(C)c3)=C(c3ccc(Cl)cc3)C2=O)c1. The van der Waals surface area contributed by atoms with E-state index in [0.717, 1.165) is 11.3 Å². The standard InChI is InChI=1S/C25H21ClN2O3/c1-3-31-21-9-5-8-20(15-21)28-24(29)22(17-10-12-18(26)13-11-17)23(25(28)30)27-19-7-4-6-16(2)14-19/h4-15,27H,3H2,1-2H3. The first kappa shape index (κ1) is 20.7. The van der Waals surface area contributed by atoms with Gasteiger partial charge in [0.05, 0.1) is 17.9 Å². The number of benzene rings is 3. The van der Waals surface area contributed by atoms with Crippen molar-refractivity contribution in [2.75, 3.05) is 16.8 Å². The van der Waals surface area contributed by atoms with Crippen molar-refractivity contribution in [1.29, 1.82) is 0 Å². The second-order valence-electron chi connectivity index (χ2n) is 7.13. The lowest BCUT2D eigenvalue weighted by Crippen LogP contribution is -2.32. The lowest BCUT2D eigenvalue weighted by atomic mass is 10.0. The summed E-state index contributed by atoms with van der Waals surface area (Å²) in [5.41, 5.74) is 3.35. The number of carbonyl (C=O) groups is 2. The first-order chi connectivity index (χ1) is 15.0. The minimum absolute atomic E-state index is 0.222. The summed E-state index contributed by atoms with van der Waals surface area (Å²) in [4.78, 5) is 28.1. The molecule has 0 bridgehead atoms. The van der Waals surface area contributed by atoms with Crippen LogP contribution in [-0.4, -0.2) is 18.4 Å². The van der Waals surface area contributed by atoms with Crippen LogP contribution < -0.4 is 15.0 Å². The predicted octanol–water partition coefficient (Wildman–Crippen LogP) is 5.44. The second-order valence-corrected chi connectivity index (χ2v) is 7.56. The van der Waals surface area contributed by atoms with E-state index in [9.17, 15) is 9.59 Å². The molecule has 31 heavy (non-hydrogen) atoms. The monoisotopic (exact) mass is 432 g/mol. The largest absolute Gasteiger partial charge is 0.494 e. The number of carbonyl (C=O) groups excluding carboxylic acids is 2. The van der Waals surface area contributed by atoms with Crippen molar-refractivity contribution in [1.82, 2.24) is 0 Å². The van der Waals surface area contributed by atoms with Crippen molar-refractivity contribution in [3.63, 3.8) is 0 Å². The number of ether oxygens (including phenoxy) is 1. The van der Waals surface area contributed by atoms with Crippen molar-refractivity contribution in [2.24, 2.45) is 0 Å². The predicted molar refractivity (Wildman–Crippen MR) is 123 cm³/mol. The van der Waals surface area contributed by atoms with E-state index in [-0.39, 0.29) is 5.70 Å². The summed E-state index contributed by atoms with van der Waals surface area (Å²) in [6.45, 7) is 4.33. The molecular weight excluding hydrogens is 412 g/mol. The summed E-state index contributed by atoms with van der Waals surface area (Å²) < 4.78 is 5.54. The number of amides is 2. The number of halogens is 1. The molecule has 156 valence electrons. The Labute approximate surface area is 185 Å². The first-order valence-electron chi connectivity index (χ1n) is 9.93. The van der Waals surface area contributed by atoms with Gasteiger partial charge in [-0.25, -0.2) is 4.90 Å². The molecular formula is C25H21ClN2O3. The Hall–Kier alpha value is -3.57. The Balaban J connectivity index is 1.80. The smallest absolute Gasteiger partial charge is 0.282 e. The van der Waals surface area contributed by atoms with E-state index in [4.69, 9.17) is 16.3 Å². The third kappa shape index (κ3) is 4.18. The fourth-order valence-corrected chi connectivity index (χ4v) is 3.64. The molecule has 0 aromatic heterocycles. The Morgan fingerprint density at radius 2 is 1.68 bits per heavy atom. The Morgan fingerprint density at radius 3 is 2.39 bits per heavy atom. The fourth-order valence-electron chi connectivity index (χ4n) is 3.51. The Kier molecular flexibility index (Phi) is 5.78. The van der Waals surface area contributed by atoms with Gasteiger partial charge >= 0.3 is 0 Å². The average Bonchev–Trinajstić information content (AvgIpc) is 2.99. The van der Waals surface area contributed by atoms with Gasteiger partial charge in [-0.05, 0) is 61.4 Å². The highest BCUT2D eigenvalue weighted by molar-refractivity contribution is 6.46. The molecule has 4 rings (SSSR count). The number of imide groups is 1. The van der Waals surface area contributed by atoms with Crippen LogP contribution in [0.25, 0.3) is 5.57 Å². The molecule has 1 N–H and O–H groups in total. The van der Waals surface area contributed by atoms with Gasteiger partial charge in [0.1, 0.15) is 11.4 Å². The van der Waals surface area contributed by atoms with Gasteiger partial charge in [-0.1, -0.05) is 41.9 Å². The number of nitrogens with one attached hydrogen (secondary N) is 1. The highest BCUT2D eigenvalue weighted by Crippen LogP contribution is 2.35. The van der Waals surface area contributed by atoms with Crippen LogP contribution in [0.5, 0.6) is 5.75 Å². The summed E-state index contributed by atoms with van der Waals surface area (Å²) >= 11 is 6.03. The number of aryl methyl sites for hydroxylation is 1. The van der Waals surface area contributed by atoms with E-state index in [1.807, 2.05) is 38.1 Å². The van der Waals surface area contributed by atoms with Crippen molar-refractivity contribution < 1.29 is 14.3 Å². The number of hydrogen-bond donors (Lipinski definition) is 1. The summed E-state index contributed by atoms with van der Waals surface area (Å²) in [6.07, 6.45) is 0. The quantitative estimate of drug-likeness (QED) is 0.526. The van der Waals surface area contributed by atoms with Crippen molar-refractivity contribution >= 4 is 40.4 Å². The zero-order chi connectivity index (χ0) is 22.0. The molecule has 6 heteroatoms. The van der Waals surface area contributed by atoms with E-state index in [2.05, 4.69) is 5.32 Å². The van der Waals surface area contributed by atoms with Crippen LogP contribution in [0.4, 0.5) is 11.4 Å². The molecule has 0 saturated carbocycles. The molecule has 1 aliphatic heterocycles. The van der Waals surface area contributed by atoms with Crippen LogP contribution in [0.3, 0.4) is 0 Å². The van der Waals surface area contributed by atoms with Gasteiger partial charge in [0, 0.05) is 16.8 Å². The van der Waals surface area contributed by atoms with Crippen molar-refractivity contribution in [3.05, 3.63) is 94.6 Å². The maximum atomic E-state index is 13.5. The Bertz CT molecular complexity index is 1190. The van der Waals surface area contributed by atoms with E-state index >= 15 is 0 Å². The van der Waals surface area contributed by atoms with E-state index in [1.54, 1.807) is 48.5 Å². The van der Waals surface area contributed by atoms with E-state index in [1.165, 1.54) is 4.90 Å². The molecule has 3 aromatic carbocycles. The molecule has 5 nitrogen and oxygen atoms in total. The summed E-state index contributed by atoms with van der Waals surface area (Å²) in [5.74, 6) is -0.241. The number of anilines is 2. The van der Waals surface area contributed by atoms with Gasteiger partial charge in [-0.15, -0.1) is 0 Å². The maximum absolute atomic E-state index is 13.5. The molecule has 1 aliphatic rings. The zero-order valence-electron chi connectivity index (χ0n) is 17.2. The van der Waals surface area contributed by atoms with Gasteiger partial charge in [0.2, 0.25) is 0 Å². The van der Waals surface area contributed by atoms with Crippen LogP contribution in [0.2, 0.25) is 5.02 Å². The van der Waals surface area contributed by atoms with Crippen LogP contribution in [0.1, 0.15) is 18.1 Å². The van der Waals surface area contributed by atoms with Crippen molar-refractivity contribution in [2.45, 2.75) is 13.8 Å². The lowest BCUT2D eigenvalue weighted by molar-refractivity contribution is -0.120. The molecule has 2 amide bonds. The molecule has 0 fully saturated rings. The minimum atomic E-state index is -0.426. The lowest BCUT2D eigenvalue weighted by Gasteiger charge is -2.16. The summed E-state index contributed by atoms with van der Waals surface area (Å²) in [6, 6.07) is 21.5. The van der Waals surface area contributed by atoms with Gasteiger partial charge < -0.3 is 10.1 Å². The molecule has 0 saturated heterocycles. The van der Waals surface area contributed by atoms with Gasteiger partial charge in [-0.3, -0.25) is 9.59 Å². The summed E-state index contributed by atoms with van der Waals surface area (Å²) in [5, 5.41) is 3.72. The van der Waals surface area contributed by atoms with Crippen molar-refractivity contribution in [3.8, 4) is 5.75 Å². The van der Waals surface area contributed by atoms with Crippen LogP contribution in [0, 0.1) is 6.92 Å². The normalized spacial score (nSPS) is 13.7. The molecule has 0 radical (unpaired) electrons. The van der Waals surface area contributed by atoms with Gasteiger partial charge in [0.25, 0.3) is 11.8 Å². The van der Waals surface area contributed by atoms with Gasteiger partial charge in [0.15, 0.2) is 0 Å². The van der Waals surface area contributed by atoms with Crippen LogP contribution in [-0.2, 0) is 9.59 Å². The van der Waals surface area contributed by atoms with Crippen LogP contribution >= 0.6 is 11.6 Å². The number of nitrogens with zero attached hydrogens (tertiary/aromatic N) is 1. The third-order valence-corrected chi connectivity index (χ3v) is 5.14. The average molecular weight is 433 g/mol. The zero-order valence-corrected chi connectivity index (χ0v) is 17.9. The molecule has 0 aliphatic carbocycles. The fraction of sp³-hybridized carbons (Fsp3) is 0.120. The topological polar surface area (TPSA) is 58.6 Å². The molecule has 0 spiro atoms. The van der Waals surface area contributed by atoms with E-state index in [0.29, 0.717) is 34.2 Å². The Morgan fingerprint density at radius 1 is 0.935 bits per heavy atom. The molecule has 3 aromatic rings. The van der Waals surface area contributed by atoms with Gasteiger partial charge in [-0.2, -0.15) is 0 Å². The first-order valence-corrected chi connectivity index (χ1v) is 10.3. The highest BCUT2D eigenvalue weighted by Gasteiger charge is 2.40. The maximum Gasteiger partial charge on any atom is 0.282 e. The minimum Gasteiger partial charge on any atom is -0.494 e.